The van der Waals surface area contributed by atoms with Gasteiger partial charge in [-0.3, -0.25) is 0 Å². The topological polar surface area (TPSA) is 24.5 Å². The average molecular weight is 355 g/mol. The van der Waals surface area contributed by atoms with E-state index in [1.165, 1.54) is 11.3 Å². The Morgan fingerprint density at radius 1 is 1.38 bits per heavy atom. The first kappa shape index (κ1) is 16.8. The second-order valence-corrected chi connectivity index (χ2v) is 6.72. The molecule has 0 spiro atoms. The van der Waals surface area contributed by atoms with Crippen LogP contribution in [0.15, 0.2) is 22.7 Å². The maximum atomic E-state index is 5.48. The van der Waals surface area contributed by atoms with Crippen LogP contribution in [0.3, 0.4) is 0 Å². The normalized spacial score (nSPS) is 18.0. The Kier molecular flexibility index (Phi) is 6.52. The van der Waals surface area contributed by atoms with Gasteiger partial charge in [0.25, 0.3) is 0 Å². The summed E-state index contributed by atoms with van der Waals surface area (Å²) >= 11 is 3.61. The number of nitrogens with zero attached hydrogens (tertiary/aromatic N) is 1. The van der Waals surface area contributed by atoms with Crippen molar-refractivity contribution >= 4 is 21.6 Å². The van der Waals surface area contributed by atoms with Crippen LogP contribution in [0.5, 0.6) is 0 Å². The minimum Gasteiger partial charge on any atom is -0.381 e. The smallest absolute Gasteiger partial charge is 0.0605 e. The van der Waals surface area contributed by atoms with Crippen LogP contribution in [0.1, 0.15) is 44.7 Å². The summed E-state index contributed by atoms with van der Waals surface area (Å²) in [5.41, 5.74) is 2.75. The van der Waals surface area contributed by atoms with E-state index >= 15 is 0 Å². The molecule has 1 unspecified atom stereocenters. The number of nitrogens with one attached hydrogen (secondary N) is 1. The molecule has 21 heavy (non-hydrogen) atoms. The number of hydrogen-bond acceptors (Lipinski definition) is 3. The van der Waals surface area contributed by atoms with Gasteiger partial charge >= 0.3 is 0 Å². The van der Waals surface area contributed by atoms with Crippen LogP contribution in [0.4, 0.5) is 5.69 Å². The highest BCUT2D eigenvalue weighted by molar-refractivity contribution is 9.10. The highest BCUT2D eigenvalue weighted by Gasteiger charge is 2.22. The number of halogens is 1. The van der Waals surface area contributed by atoms with Crippen LogP contribution in [0, 0.1) is 0 Å². The molecule has 0 bridgehead atoms. The minimum atomic E-state index is 0.373. The molecule has 0 saturated carbocycles. The van der Waals surface area contributed by atoms with Gasteiger partial charge in [-0.2, -0.15) is 0 Å². The molecule has 4 heteroatoms. The summed E-state index contributed by atoms with van der Waals surface area (Å²) in [5.74, 6) is 0. The number of benzene rings is 1. The van der Waals surface area contributed by atoms with Gasteiger partial charge in [-0.1, -0.05) is 22.9 Å². The number of anilines is 1. The lowest BCUT2D eigenvalue weighted by Crippen LogP contribution is -2.37. The van der Waals surface area contributed by atoms with Crippen molar-refractivity contribution < 1.29 is 4.74 Å². The number of hydrogen-bond donors (Lipinski definition) is 1. The van der Waals surface area contributed by atoms with Gasteiger partial charge in [0, 0.05) is 36.4 Å². The molecule has 1 N–H and O–H groups in total. The van der Waals surface area contributed by atoms with E-state index in [0.717, 1.165) is 43.4 Å². The molecule has 0 amide bonds. The maximum Gasteiger partial charge on any atom is 0.0605 e. The highest BCUT2D eigenvalue weighted by atomic mass is 79.9. The Morgan fingerprint density at radius 2 is 2.10 bits per heavy atom. The summed E-state index contributed by atoms with van der Waals surface area (Å²) < 4.78 is 6.63. The molecule has 1 aromatic rings. The molecule has 1 heterocycles. The van der Waals surface area contributed by atoms with Crippen molar-refractivity contribution in [2.24, 2.45) is 0 Å². The van der Waals surface area contributed by atoms with Crippen LogP contribution in [0.2, 0.25) is 0 Å². The van der Waals surface area contributed by atoms with Gasteiger partial charge in [-0.25, -0.2) is 0 Å². The van der Waals surface area contributed by atoms with Crippen molar-refractivity contribution in [2.45, 2.75) is 45.3 Å². The lowest BCUT2D eigenvalue weighted by molar-refractivity contribution is 0.0819. The van der Waals surface area contributed by atoms with E-state index in [1.54, 1.807) is 0 Å². The van der Waals surface area contributed by atoms with Crippen molar-refractivity contribution in [1.29, 1.82) is 0 Å². The highest BCUT2D eigenvalue weighted by Crippen LogP contribution is 2.31. The molecule has 1 aromatic carbocycles. The third-order valence-electron chi connectivity index (χ3n) is 4.27. The van der Waals surface area contributed by atoms with Crippen LogP contribution < -0.4 is 10.2 Å². The fourth-order valence-electron chi connectivity index (χ4n) is 2.96. The Bertz CT molecular complexity index is 444. The van der Waals surface area contributed by atoms with Gasteiger partial charge in [-0.05, 0) is 56.5 Å². The third-order valence-corrected chi connectivity index (χ3v) is 4.77. The van der Waals surface area contributed by atoms with Crippen molar-refractivity contribution in [3.05, 3.63) is 28.2 Å². The molecule has 0 aromatic heterocycles. The van der Waals surface area contributed by atoms with Gasteiger partial charge in [0.05, 0.1) is 6.10 Å². The third kappa shape index (κ3) is 4.44. The summed E-state index contributed by atoms with van der Waals surface area (Å²) in [7, 11) is 1.82. The van der Waals surface area contributed by atoms with Crippen LogP contribution in [-0.4, -0.2) is 32.8 Å². The van der Waals surface area contributed by atoms with Gasteiger partial charge in [0.1, 0.15) is 0 Å². The summed E-state index contributed by atoms with van der Waals surface area (Å²) in [5, 5.41) is 3.60. The molecule has 1 fully saturated rings. The van der Waals surface area contributed by atoms with Crippen molar-refractivity contribution in [1.82, 2.24) is 5.32 Å². The second kappa shape index (κ2) is 8.16. The largest absolute Gasteiger partial charge is 0.381 e. The molecule has 1 aliphatic rings. The number of rotatable bonds is 6. The molecular weight excluding hydrogens is 328 g/mol. The molecular formula is C17H27BrN2O. The number of methoxy groups -OCH3 is 1. The first-order chi connectivity index (χ1) is 10.2. The first-order valence-electron chi connectivity index (χ1n) is 7.96. The Morgan fingerprint density at radius 3 is 2.71 bits per heavy atom. The van der Waals surface area contributed by atoms with E-state index in [9.17, 15) is 0 Å². The lowest BCUT2D eigenvalue weighted by Gasteiger charge is -2.35. The summed E-state index contributed by atoms with van der Waals surface area (Å²) in [6.07, 6.45) is 3.81. The Balaban J connectivity index is 2.15. The van der Waals surface area contributed by atoms with E-state index in [2.05, 4.69) is 58.2 Å². The van der Waals surface area contributed by atoms with Crippen LogP contribution >= 0.6 is 15.9 Å². The SMILES string of the molecule is CCCNC(C)c1cc(Br)ccc1N1CCC(OC)CC1. The summed E-state index contributed by atoms with van der Waals surface area (Å²) in [6, 6.07) is 7.02. The molecule has 3 nitrogen and oxygen atoms in total. The zero-order chi connectivity index (χ0) is 15.2. The van der Waals surface area contributed by atoms with Gasteiger partial charge in [0.2, 0.25) is 0 Å². The molecule has 1 aliphatic heterocycles. The molecule has 118 valence electrons. The summed E-state index contributed by atoms with van der Waals surface area (Å²) in [6.45, 7) is 7.67. The molecule has 0 radical (unpaired) electrons. The van der Waals surface area contributed by atoms with E-state index < -0.39 is 0 Å². The first-order valence-corrected chi connectivity index (χ1v) is 8.75. The van der Waals surface area contributed by atoms with E-state index in [4.69, 9.17) is 4.74 Å². The number of piperidine rings is 1. The minimum absolute atomic E-state index is 0.373. The van der Waals surface area contributed by atoms with Gasteiger partial charge in [-0.15, -0.1) is 0 Å². The molecule has 1 atom stereocenters. The predicted molar refractivity (Wildman–Crippen MR) is 93.1 cm³/mol. The monoisotopic (exact) mass is 354 g/mol. The van der Waals surface area contributed by atoms with E-state index in [0.29, 0.717) is 12.1 Å². The molecule has 1 saturated heterocycles. The van der Waals surface area contributed by atoms with Gasteiger partial charge in [0.15, 0.2) is 0 Å². The van der Waals surface area contributed by atoms with Gasteiger partial charge < -0.3 is 15.0 Å². The van der Waals surface area contributed by atoms with E-state index in [1.807, 2.05) is 7.11 Å². The zero-order valence-electron chi connectivity index (χ0n) is 13.4. The summed E-state index contributed by atoms with van der Waals surface area (Å²) in [4.78, 5) is 2.50. The van der Waals surface area contributed by atoms with E-state index in [-0.39, 0.29) is 0 Å². The Labute approximate surface area is 137 Å². The Hall–Kier alpha value is -0.580. The number of ether oxygens (including phenoxy) is 1. The average Bonchev–Trinajstić information content (AvgIpc) is 2.52. The predicted octanol–water partition coefficient (Wildman–Crippen LogP) is 4.12. The van der Waals surface area contributed by atoms with Crippen molar-refractivity contribution in [2.75, 3.05) is 31.6 Å². The fraction of sp³-hybridized carbons (Fsp3) is 0.647. The maximum absolute atomic E-state index is 5.48. The fourth-order valence-corrected chi connectivity index (χ4v) is 3.34. The van der Waals surface area contributed by atoms with Crippen LogP contribution in [-0.2, 0) is 4.74 Å². The van der Waals surface area contributed by atoms with Crippen LogP contribution in [0.25, 0.3) is 0 Å². The second-order valence-electron chi connectivity index (χ2n) is 5.80. The molecule has 2 rings (SSSR count). The zero-order valence-corrected chi connectivity index (χ0v) is 14.9. The standard InChI is InChI=1S/C17H27BrN2O/c1-4-9-19-13(2)16-12-14(18)5-6-17(16)20-10-7-15(21-3)8-11-20/h5-6,12-13,15,19H,4,7-11H2,1-3H3. The molecule has 0 aliphatic carbocycles. The quantitative estimate of drug-likeness (QED) is 0.831. The van der Waals surface area contributed by atoms with Crippen molar-refractivity contribution in [3.63, 3.8) is 0 Å². The lowest BCUT2D eigenvalue weighted by atomic mass is 10.0. The van der Waals surface area contributed by atoms with Crippen molar-refractivity contribution in [3.8, 4) is 0 Å².